The van der Waals surface area contributed by atoms with Crippen LogP contribution in [0.2, 0.25) is 0 Å². The number of thioether (sulfide) groups is 1. The van der Waals surface area contributed by atoms with E-state index in [1.807, 2.05) is 44.4 Å². The van der Waals surface area contributed by atoms with E-state index in [1.54, 1.807) is 22.8 Å². The molecule has 0 aliphatic carbocycles. The molecule has 0 radical (unpaired) electrons. The van der Waals surface area contributed by atoms with E-state index in [2.05, 4.69) is 23.3 Å². The van der Waals surface area contributed by atoms with Crippen LogP contribution in [0.25, 0.3) is 27.0 Å². The smallest absolute Gasteiger partial charge is 0.263 e. The number of ketones is 1. The van der Waals surface area contributed by atoms with E-state index >= 15 is 0 Å². The SMILES string of the molecule is C=CCn1c(SCC(=O)c2cc(C)n(-c3ccc(C)cc3)c2C)nc2scc(-c3ccc(F)cc3)c2c1=O. The topological polar surface area (TPSA) is 56.9 Å². The minimum atomic E-state index is -0.335. The molecule has 0 bridgehead atoms. The van der Waals surface area contributed by atoms with Crippen LogP contribution in [0.15, 0.2) is 82.6 Å². The average Bonchev–Trinajstić information content (AvgIpc) is 3.46. The Bertz CT molecular complexity index is 1730. The number of rotatable bonds is 8. The summed E-state index contributed by atoms with van der Waals surface area (Å²) in [4.78, 5) is 32.2. The zero-order valence-corrected chi connectivity index (χ0v) is 23.0. The number of allylic oxidation sites excluding steroid dienone is 1. The predicted molar refractivity (Wildman–Crippen MR) is 155 cm³/mol. The molecule has 0 saturated heterocycles. The molecule has 0 aliphatic heterocycles. The molecule has 3 heterocycles. The van der Waals surface area contributed by atoms with Crippen LogP contribution in [0.1, 0.15) is 27.3 Å². The van der Waals surface area contributed by atoms with Gasteiger partial charge in [-0.3, -0.25) is 14.2 Å². The lowest BCUT2D eigenvalue weighted by Gasteiger charge is -2.11. The van der Waals surface area contributed by atoms with E-state index < -0.39 is 0 Å². The Kier molecular flexibility index (Phi) is 7.19. The molecule has 0 aliphatic rings. The van der Waals surface area contributed by atoms with Gasteiger partial charge < -0.3 is 4.57 Å². The summed E-state index contributed by atoms with van der Waals surface area (Å²) >= 11 is 2.61. The molecule has 0 unspecified atom stereocenters. The van der Waals surface area contributed by atoms with Crippen molar-refractivity contribution in [3.63, 3.8) is 0 Å². The Labute approximate surface area is 228 Å². The summed E-state index contributed by atoms with van der Waals surface area (Å²) in [7, 11) is 0. The van der Waals surface area contributed by atoms with Gasteiger partial charge >= 0.3 is 0 Å². The van der Waals surface area contributed by atoms with Crippen LogP contribution < -0.4 is 5.56 Å². The number of aryl methyl sites for hydroxylation is 2. The number of nitrogens with zero attached hydrogens (tertiary/aromatic N) is 3. The van der Waals surface area contributed by atoms with Crippen molar-refractivity contribution in [2.75, 3.05) is 5.75 Å². The zero-order chi connectivity index (χ0) is 27.0. The van der Waals surface area contributed by atoms with E-state index in [0.29, 0.717) is 20.9 Å². The number of hydrogen-bond donors (Lipinski definition) is 0. The summed E-state index contributed by atoms with van der Waals surface area (Å²) in [5.41, 5.74) is 5.97. The third-order valence-electron chi connectivity index (χ3n) is 6.48. The molecule has 5 rings (SSSR count). The molecule has 0 atom stereocenters. The van der Waals surface area contributed by atoms with Gasteiger partial charge in [-0.25, -0.2) is 9.37 Å². The Balaban J connectivity index is 1.46. The fourth-order valence-electron chi connectivity index (χ4n) is 4.59. The molecule has 5 nitrogen and oxygen atoms in total. The minimum absolute atomic E-state index is 0.0286. The number of hydrogen-bond acceptors (Lipinski definition) is 5. The van der Waals surface area contributed by atoms with E-state index in [9.17, 15) is 14.0 Å². The van der Waals surface area contributed by atoms with Gasteiger partial charge in [-0.2, -0.15) is 0 Å². The molecule has 0 N–H and O–H groups in total. The second kappa shape index (κ2) is 10.6. The van der Waals surface area contributed by atoms with Gasteiger partial charge in [0.1, 0.15) is 10.6 Å². The first-order valence-corrected chi connectivity index (χ1v) is 14.0. The van der Waals surface area contributed by atoms with Crippen LogP contribution in [0.5, 0.6) is 0 Å². The largest absolute Gasteiger partial charge is 0.318 e. The third-order valence-corrected chi connectivity index (χ3v) is 8.33. The van der Waals surface area contributed by atoms with Crippen LogP contribution in [0, 0.1) is 26.6 Å². The van der Waals surface area contributed by atoms with Crippen molar-refractivity contribution in [3.05, 3.63) is 111 Å². The Hall–Kier alpha value is -3.75. The maximum absolute atomic E-state index is 13.6. The summed E-state index contributed by atoms with van der Waals surface area (Å²) in [5, 5.41) is 2.82. The molecule has 0 spiro atoms. The molecule has 192 valence electrons. The quantitative estimate of drug-likeness (QED) is 0.0903. The number of aromatic nitrogens is 3. The molecular formula is C30H26FN3O2S2. The van der Waals surface area contributed by atoms with E-state index in [-0.39, 0.29) is 29.5 Å². The van der Waals surface area contributed by atoms with Crippen LogP contribution in [0.4, 0.5) is 4.39 Å². The fraction of sp³-hybridized carbons (Fsp3) is 0.167. The summed E-state index contributed by atoms with van der Waals surface area (Å²) in [6.07, 6.45) is 1.64. The molecular weight excluding hydrogens is 517 g/mol. The highest BCUT2D eigenvalue weighted by Gasteiger charge is 2.20. The number of carbonyl (C=O) groups is 1. The lowest BCUT2D eigenvalue weighted by molar-refractivity contribution is 0.102. The van der Waals surface area contributed by atoms with Crippen molar-refractivity contribution in [2.45, 2.75) is 32.5 Å². The van der Waals surface area contributed by atoms with Crippen LogP contribution in [0.3, 0.4) is 0 Å². The summed E-state index contributed by atoms with van der Waals surface area (Å²) < 4.78 is 17.1. The first-order chi connectivity index (χ1) is 18.3. The summed E-state index contributed by atoms with van der Waals surface area (Å²) in [5.74, 6) is -0.221. The molecule has 2 aromatic carbocycles. The van der Waals surface area contributed by atoms with Gasteiger partial charge in [0.05, 0.1) is 11.1 Å². The maximum atomic E-state index is 13.6. The first-order valence-electron chi connectivity index (χ1n) is 12.1. The standard InChI is InChI=1S/C30H26FN3O2S2/c1-5-14-33-29(36)27-25(21-8-10-22(31)11-9-21)16-37-28(27)32-30(33)38-17-26(35)24-15-19(3)34(20(24)4)23-12-6-18(2)7-13-23/h5-13,15-16H,1,14,17H2,2-4H3. The van der Waals surface area contributed by atoms with Gasteiger partial charge in [-0.05, 0) is 56.7 Å². The van der Waals surface area contributed by atoms with Gasteiger partial charge in [-0.1, -0.05) is 47.7 Å². The van der Waals surface area contributed by atoms with Crippen molar-refractivity contribution in [1.82, 2.24) is 14.1 Å². The number of Topliss-reactive ketones (excluding diaryl/α,β-unsaturated/α-hetero) is 1. The summed E-state index contributed by atoms with van der Waals surface area (Å²) in [6, 6.07) is 16.2. The van der Waals surface area contributed by atoms with Crippen molar-refractivity contribution < 1.29 is 9.18 Å². The van der Waals surface area contributed by atoms with E-state index in [1.165, 1.54) is 40.8 Å². The van der Waals surface area contributed by atoms with Gasteiger partial charge in [0.15, 0.2) is 10.9 Å². The number of fused-ring (bicyclic) bond motifs is 1. The highest BCUT2D eigenvalue weighted by Crippen LogP contribution is 2.33. The monoisotopic (exact) mass is 543 g/mol. The lowest BCUT2D eigenvalue weighted by Crippen LogP contribution is -2.23. The Morgan fingerprint density at radius 2 is 1.82 bits per heavy atom. The van der Waals surface area contributed by atoms with E-state index in [0.717, 1.165) is 28.2 Å². The van der Waals surface area contributed by atoms with Crippen molar-refractivity contribution in [2.24, 2.45) is 0 Å². The zero-order valence-electron chi connectivity index (χ0n) is 21.3. The molecule has 38 heavy (non-hydrogen) atoms. The maximum Gasteiger partial charge on any atom is 0.263 e. The second-order valence-corrected chi connectivity index (χ2v) is 10.9. The number of carbonyl (C=O) groups excluding carboxylic acids is 1. The van der Waals surface area contributed by atoms with Gasteiger partial charge in [-0.15, -0.1) is 17.9 Å². The predicted octanol–water partition coefficient (Wildman–Crippen LogP) is 7.14. The molecule has 3 aromatic heterocycles. The van der Waals surface area contributed by atoms with Gasteiger partial charge in [0, 0.05) is 40.1 Å². The first kappa shape index (κ1) is 25.9. The van der Waals surface area contributed by atoms with Gasteiger partial charge in [0.25, 0.3) is 5.56 Å². The highest BCUT2D eigenvalue weighted by molar-refractivity contribution is 7.99. The van der Waals surface area contributed by atoms with Crippen LogP contribution in [-0.4, -0.2) is 25.7 Å². The minimum Gasteiger partial charge on any atom is -0.318 e. The highest BCUT2D eigenvalue weighted by atomic mass is 32.2. The van der Waals surface area contributed by atoms with Crippen molar-refractivity contribution in [3.8, 4) is 16.8 Å². The lowest BCUT2D eigenvalue weighted by atomic mass is 10.1. The molecule has 0 fully saturated rings. The van der Waals surface area contributed by atoms with Crippen LogP contribution >= 0.6 is 23.1 Å². The van der Waals surface area contributed by atoms with Crippen LogP contribution in [-0.2, 0) is 6.54 Å². The molecule has 8 heteroatoms. The molecule has 5 aromatic rings. The normalized spacial score (nSPS) is 11.3. The number of halogens is 1. The number of thiophene rings is 1. The second-order valence-electron chi connectivity index (χ2n) is 9.10. The fourth-order valence-corrected chi connectivity index (χ4v) is 6.47. The van der Waals surface area contributed by atoms with Gasteiger partial charge in [0.2, 0.25) is 0 Å². The Morgan fingerprint density at radius 1 is 1.11 bits per heavy atom. The number of benzene rings is 2. The Morgan fingerprint density at radius 3 is 2.50 bits per heavy atom. The van der Waals surface area contributed by atoms with Crippen molar-refractivity contribution >= 4 is 39.1 Å². The average molecular weight is 544 g/mol. The molecule has 0 amide bonds. The molecule has 0 saturated carbocycles. The van der Waals surface area contributed by atoms with Crippen molar-refractivity contribution in [1.29, 1.82) is 0 Å². The summed E-state index contributed by atoms with van der Waals surface area (Å²) in [6.45, 7) is 10.0. The third kappa shape index (κ3) is 4.77. The van der Waals surface area contributed by atoms with E-state index in [4.69, 9.17) is 4.98 Å².